The summed E-state index contributed by atoms with van der Waals surface area (Å²) < 4.78 is 26.2. The van der Waals surface area contributed by atoms with Crippen LogP contribution in [0.2, 0.25) is 0 Å². The number of hydrogen-bond acceptors (Lipinski definition) is 6. The lowest BCUT2D eigenvalue weighted by Crippen LogP contribution is -2.41. The van der Waals surface area contributed by atoms with Crippen molar-refractivity contribution in [2.75, 3.05) is 5.32 Å². The topological polar surface area (TPSA) is 118 Å². The van der Waals surface area contributed by atoms with Gasteiger partial charge in [-0.25, -0.2) is 9.36 Å². The molecule has 1 N–H and O–H groups in total. The first-order valence-corrected chi connectivity index (χ1v) is 11.4. The van der Waals surface area contributed by atoms with Gasteiger partial charge in [-0.1, -0.05) is 18.2 Å². The summed E-state index contributed by atoms with van der Waals surface area (Å²) in [6.07, 6.45) is 1.47. The molecule has 10 heteroatoms. The number of fused-ring (bicyclic) bond motifs is 1. The minimum Gasteiger partial charge on any atom is -0.768 e. The van der Waals surface area contributed by atoms with Gasteiger partial charge in [0, 0.05) is 29.7 Å². The number of benzene rings is 2. The Bertz CT molecular complexity index is 1580. The lowest BCUT2D eigenvalue weighted by molar-refractivity contribution is 0.537. The highest BCUT2D eigenvalue weighted by molar-refractivity contribution is 7.79. The number of aromatic nitrogens is 3. The van der Waals surface area contributed by atoms with Gasteiger partial charge in [-0.15, -0.1) is 0 Å². The van der Waals surface area contributed by atoms with Crippen molar-refractivity contribution in [1.82, 2.24) is 13.7 Å². The second-order valence-corrected chi connectivity index (χ2v) is 8.84. The summed E-state index contributed by atoms with van der Waals surface area (Å²) in [5.41, 5.74) is 0.0871. The van der Waals surface area contributed by atoms with E-state index >= 15 is 0 Å². The Balaban J connectivity index is 1.83. The Kier molecular flexibility index (Phi) is 5.10. The highest BCUT2D eigenvalue weighted by atomic mass is 32.2. The van der Waals surface area contributed by atoms with Crippen LogP contribution in [0.5, 0.6) is 0 Å². The summed E-state index contributed by atoms with van der Waals surface area (Å²) in [6.45, 7) is 0. The number of aryl methyl sites for hydroxylation is 1. The predicted octanol–water partition coefficient (Wildman–Crippen LogP) is 2.17. The summed E-state index contributed by atoms with van der Waals surface area (Å²) in [5, 5.41) is 3.26. The summed E-state index contributed by atoms with van der Waals surface area (Å²) in [7, 11) is 1.52. The van der Waals surface area contributed by atoms with Crippen molar-refractivity contribution in [3.8, 4) is 5.69 Å². The Labute approximate surface area is 189 Å². The molecule has 33 heavy (non-hydrogen) atoms. The molecule has 2 heterocycles. The van der Waals surface area contributed by atoms with Crippen LogP contribution < -0.4 is 22.1 Å². The van der Waals surface area contributed by atoms with Crippen molar-refractivity contribution < 1.29 is 8.76 Å². The molecule has 1 saturated carbocycles. The van der Waals surface area contributed by atoms with Crippen molar-refractivity contribution in [1.29, 1.82) is 0 Å². The summed E-state index contributed by atoms with van der Waals surface area (Å²) >= 11 is -2.37. The molecular formula is C23H19N4O5S-. The fourth-order valence-corrected chi connectivity index (χ4v) is 4.29. The quantitative estimate of drug-likeness (QED) is 0.453. The van der Waals surface area contributed by atoms with Crippen LogP contribution in [0.4, 0.5) is 11.4 Å². The standard InChI is InChI=1S/C23H20N4O5S/c1-25-19(28)13-18(24-14-7-11-17(12-8-14)33(31)32)20-21(25)26(15-5-3-2-4-6-15)23(30)27(22(20)29)16-9-10-16/h2-8,11-13,16,24H,9-10H2,1H3,(H,31,32)/p-1. The molecule has 0 saturated heterocycles. The molecule has 0 bridgehead atoms. The fraction of sp³-hybridized carbons (Fsp3) is 0.174. The number of nitrogens with one attached hydrogen (secondary N) is 1. The zero-order chi connectivity index (χ0) is 23.3. The summed E-state index contributed by atoms with van der Waals surface area (Å²) in [4.78, 5) is 40.0. The van der Waals surface area contributed by atoms with Crippen LogP contribution in [-0.2, 0) is 18.1 Å². The van der Waals surface area contributed by atoms with E-state index in [9.17, 15) is 23.1 Å². The van der Waals surface area contributed by atoms with Gasteiger partial charge < -0.3 is 9.87 Å². The van der Waals surface area contributed by atoms with Crippen molar-refractivity contribution in [3.05, 3.63) is 91.9 Å². The SMILES string of the molecule is Cn1c(=O)cc(Nc2ccc(S(=O)[O-])cc2)c2c(=O)n(C3CC3)c(=O)n(-c3ccccc3)c21. The molecule has 1 aliphatic carbocycles. The molecule has 0 amide bonds. The minimum atomic E-state index is -2.37. The molecule has 2 aromatic carbocycles. The first kappa shape index (κ1) is 21.1. The van der Waals surface area contributed by atoms with E-state index < -0.39 is 27.9 Å². The second-order valence-electron chi connectivity index (χ2n) is 7.90. The van der Waals surface area contributed by atoms with Crippen molar-refractivity contribution in [2.24, 2.45) is 7.05 Å². The number of rotatable bonds is 5. The Morgan fingerprint density at radius 1 is 1.00 bits per heavy atom. The lowest BCUT2D eigenvalue weighted by Gasteiger charge is -2.19. The van der Waals surface area contributed by atoms with Crippen molar-refractivity contribution in [3.63, 3.8) is 0 Å². The highest BCUT2D eigenvalue weighted by Gasteiger charge is 2.30. The number of anilines is 2. The normalized spacial score (nSPS) is 14.4. The number of para-hydroxylation sites is 1. The largest absolute Gasteiger partial charge is 0.768 e. The summed E-state index contributed by atoms with van der Waals surface area (Å²) in [6, 6.07) is 15.9. The maximum atomic E-state index is 13.5. The van der Waals surface area contributed by atoms with Gasteiger partial charge in [0.2, 0.25) is 0 Å². The Hall–Kier alpha value is -3.76. The van der Waals surface area contributed by atoms with Crippen molar-refractivity contribution >= 4 is 33.5 Å². The second kappa shape index (κ2) is 7.98. The van der Waals surface area contributed by atoms with Crippen LogP contribution in [0.15, 0.2) is 79.9 Å². The van der Waals surface area contributed by atoms with Crippen LogP contribution >= 0.6 is 0 Å². The molecule has 4 aromatic rings. The molecule has 1 fully saturated rings. The average molecular weight is 463 g/mol. The van der Waals surface area contributed by atoms with Crippen LogP contribution in [0.1, 0.15) is 18.9 Å². The average Bonchev–Trinajstić information content (AvgIpc) is 3.63. The van der Waals surface area contributed by atoms with Gasteiger partial charge in [-0.2, -0.15) is 0 Å². The molecular weight excluding hydrogens is 444 g/mol. The van der Waals surface area contributed by atoms with E-state index in [1.165, 1.54) is 38.9 Å². The Morgan fingerprint density at radius 2 is 1.67 bits per heavy atom. The predicted molar refractivity (Wildman–Crippen MR) is 124 cm³/mol. The van der Waals surface area contributed by atoms with Gasteiger partial charge in [0.05, 0.1) is 11.4 Å². The van der Waals surface area contributed by atoms with E-state index in [1.807, 2.05) is 6.07 Å². The van der Waals surface area contributed by atoms with E-state index in [0.717, 1.165) is 12.8 Å². The van der Waals surface area contributed by atoms with Crippen LogP contribution in [0.3, 0.4) is 0 Å². The lowest BCUT2D eigenvalue weighted by atomic mass is 10.2. The molecule has 5 rings (SSSR count). The third-order valence-corrected chi connectivity index (χ3v) is 6.36. The third kappa shape index (κ3) is 3.62. The van der Waals surface area contributed by atoms with E-state index in [-0.39, 0.29) is 27.7 Å². The highest BCUT2D eigenvalue weighted by Crippen LogP contribution is 2.33. The van der Waals surface area contributed by atoms with Gasteiger partial charge >= 0.3 is 5.69 Å². The molecule has 1 unspecified atom stereocenters. The number of hydrogen-bond donors (Lipinski definition) is 1. The third-order valence-electron chi connectivity index (χ3n) is 5.70. The smallest absolute Gasteiger partial charge is 0.337 e. The molecule has 2 aromatic heterocycles. The van der Waals surface area contributed by atoms with E-state index in [4.69, 9.17) is 0 Å². The van der Waals surface area contributed by atoms with Gasteiger partial charge in [-0.05, 0) is 60.3 Å². The van der Waals surface area contributed by atoms with Crippen molar-refractivity contribution in [2.45, 2.75) is 23.8 Å². The monoisotopic (exact) mass is 463 g/mol. The van der Waals surface area contributed by atoms with Gasteiger partial charge in [0.25, 0.3) is 11.1 Å². The van der Waals surface area contributed by atoms with E-state index in [1.54, 1.807) is 36.4 Å². The zero-order valence-corrected chi connectivity index (χ0v) is 18.4. The van der Waals surface area contributed by atoms with Gasteiger partial charge in [-0.3, -0.25) is 22.9 Å². The molecule has 168 valence electrons. The Morgan fingerprint density at radius 3 is 2.27 bits per heavy atom. The zero-order valence-electron chi connectivity index (χ0n) is 17.6. The first-order valence-electron chi connectivity index (χ1n) is 10.3. The fourth-order valence-electron chi connectivity index (χ4n) is 3.93. The molecule has 0 spiro atoms. The van der Waals surface area contributed by atoms with Gasteiger partial charge in [0.15, 0.2) is 0 Å². The molecule has 1 aliphatic rings. The molecule has 9 nitrogen and oxygen atoms in total. The molecule has 0 radical (unpaired) electrons. The van der Waals surface area contributed by atoms with Crippen LogP contribution in [0.25, 0.3) is 16.7 Å². The van der Waals surface area contributed by atoms with Crippen LogP contribution in [-0.4, -0.2) is 22.5 Å². The number of nitrogens with zero attached hydrogens (tertiary/aromatic N) is 3. The number of pyridine rings is 1. The first-order chi connectivity index (χ1) is 15.9. The molecule has 0 aliphatic heterocycles. The molecule has 1 atom stereocenters. The summed E-state index contributed by atoms with van der Waals surface area (Å²) in [5.74, 6) is 0. The maximum absolute atomic E-state index is 13.5. The van der Waals surface area contributed by atoms with Gasteiger partial charge in [0.1, 0.15) is 11.0 Å². The van der Waals surface area contributed by atoms with E-state index in [0.29, 0.717) is 11.4 Å². The van der Waals surface area contributed by atoms with Crippen LogP contribution in [0, 0.1) is 0 Å². The minimum absolute atomic E-state index is 0.114. The maximum Gasteiger partial charge on any atom is 0.337 e. The van der Waals surface area contributed by atoms with E-state index in [2.05, 4.69) is 5.32 Å².